The van der Waals surface area contributed by atoms with Crippen LogP contribution in [0.5, 0.6) is 0 Å². The van der Waals surface area contributed by atoms with E-state index in [0.29, 0.717) is 24.7 Å². The molecule has 4 rings (SSSR count). The molecule has 0 unspecified atom stereocenters. The first-order chi connectivity index (χ1) is 12.7. The third-order valence-electron chi connectivity index (χ3n) is 4.57. The van der Waals surface area contributed by atoms with Crippen LogP contribution in [0.2, 0.25) is 5.02 Å². The molecule has 0 spiro atoms. The molecule has 26 heavy (non-hydrogen) atoms. The number of halogens is 1. The number of fused-ring (bicyclic) bond motifs is 1. The molecule has 7 heteroatoms. The number of rotatable bonds is 3. The molecule has 0 atom stereocenters. The smallest absolute Gasteiger partial charge is 0.317 e. The van der Waals surface area contributed by atoms with Gasteiger partial charge in [0.1, 0.15) is 5.65 Å². The van der Waals surface area contributed by atoms with Crippen LogP contribution >= 0.6 is 11.6 Å². The van der Waals surface area contributed by atoms with Gasteiger partial charge in [-0.3, -0.25) is 0 Å². The van der Waals surface area contributed by atoms with E-state index in [9.17, 15) is 4.79 Å². The summed E-state index contributed by atoms with van der Waals surface area (Å²) in [6, 6.07) is 13.9. The van der Waals surface area contributed by atoms with E-state index < -0.39 is 0 Å². The molecule has 2 amide bonds. The molecule has 1 aliphatic heterocycles. The maximum atomic E-state index is 12.4. The number of nitrogens with zero attached hydrogens (tertiary/aromatic N) is 4. The number of urea groups is 1. The minimum Gasteiger partial charge on any atom is -0.368 e. The quantitative estimate of drug-likeness (QED) is 0.772. The topological polar surface area (TPSA) is 52.9 Å². The van der Waals surface area contributed by atoms with Crippen LogP contribution in [-0.2, 0) is 6.54 Å². The van der Waals surface area contributed by atoms with Gasteiger partial charge in [0, 0.05) is 44.3 Å². The van der Waals surface area contributed by atoms with Crippen LogP contribution in [0.1, 0.15) is 5.69 Å². The molecule has 1 N–H and O–H groups in total. The summed E-state index contributed by atoms with van der Waals surface area (Å²) in [7, 11) is 0. The van der Waals surface area contributed by atoms with Crippen molar-refractivity contribution >= 4 is 29.0 Å². The Morgan fingerprint density at radius 2 is 1.81 bits per heavy atom. The van der Waals surface area contributed by atoms with Crippen molar-refractivity contribution in [1.29, 1.82) is 0 Å². The highest BCUT2D eigenvalue weighted by atomic mass is 35.5. The zero-order valence-corrected chi connectivity index (χ0v) is 15.1. The van der Waals surface area contributed by atoms with Crippen molar-refractivity contribution in [3.05, 3.63) is 65.6 Å². The Hall–Kier alpha value is -2.73. The summed E-state index contributed by atoms with van der Waals surface area (Å²) >= 11 is 5.98. The van der Waals surface area contributed by atoms with Crippen molar-refractivity contribution in [3.63, 3.8) is 0 Å². The van der Waals surface area contributed by atoms with E-state index in [-0.39, 0.29) is 6.03 Å². The molecule has 3 heterocycles. The summed E-state index contributed by atoms with van der Waals surface area (Å²) in [5.41, 5.74) is 2.83. The zero-order chi connectivity index (χ0) is 17.9. The lowest BCUT2D eigenvalue weighted by atomic mass is 10.2. The molecule has 1 aliphatic rings. The molecular weight excluding hydrogens is 350 g/mol. The van der Waals surface area contributed by atoms with Crippen LogP contribution in [0.3, 0.4) is 0 Å². The summed E-state index contributed by atoms with van der Waals surface area (Å²) in [5, 5.41) is 3.61. The van der Waals surface area contributed by atoms with Gasteiger partial charge >= 0.3 is 6.03 Å². The average Bonchev–Trinajstić information content (AvgIpc) is 3.09. The Labute approximate surface area is 157 Å². The predicted octanol–water partition coefficient (Wildman–Crippen LogP) is 3.02. The number of benzene rings is 1. The van der Waals surface area contributed by atoms with E-state index in [2.05, 4.69) is 27.3 Å². The predicted molar refractivity (Wildman–Crippen MR) is 103 cm³/mol. The molecule has 134 valence electrons. The van der Waals surface area contributed by atoms with Crippen molar-refractivity contribution in [3.8, 4) is 0 Å². The van der Waals surface area contributed by atoms with Crippen molar-refractivity contribution in [1.82, 2.24) is 19.6 Å². The minimum absolute atomic E-state index is 0.0483. The second-order valence-electron chi connectivity index (χ2n) is 6.31. The van der Waals surface area contributed by atoms with E-state index in [1.54, 1.807) is 12.3 Å². The maximum absolute atomic E-state index is 12.4. The molecule has 0 saturated carbocycles. The number of pyridine rings is 1. The first-order valence-corrected chi connectivity index (χ1v) is 9.03. The summed E-state index contributed by atoms with van der Waals surface area (Å²) in [4.78, 5) is 21.1. The molecule has 0 radical (unpaired) electrons. The van der Waals surface area contributed by atoms with Gasteiger partial charge in [-0.2, -0.15) is 0 Å². The Morgan fingerprint density at radius 1 is 1.04 bits per heavy atom. The van der Waals surface area contributed by atoms with E-state index in [0.717, 1.165) is 24.4 Å². The van der Waals surface area contributed by atoms with Crippen molar-refractivity contribution in [2.45, 2.75) is 6.54 Å². The molecule has 0 aliphatic carbocycles. The molecule has 0 bridgehead atoms. The highest BCUT2D eigenvalue weighted by Gasteiger charge is 2.21. The number of hydrogen-bond acceptors (Lipinski definition) is 3. The number of para-hydroxylation sites is 1. The lowest BCUT2D eigenvalue weighted by molar-refractivity contribution is 0.194. The normalized spacial score (nSPS) is 14.7. The van der Waals surface area contributed by atoms with Crippen LogP contribution < -0.4 is 10.2 Å². The number of nitrogens with one attached hydrogen (secondary N) is 1. The number of hydrogen-bond donors (Lipinski definition) is 1. The fraction of sp³-hybridized carbons (Fsp3) is 0.263. The Kier molecular flexibility index (Phi) is 4.67. The zero-order valence-electron chi connectivity index (χ0n) is 14.3. The summed E-state index contributed by atoms with van der Waals surface area (Å²) in [6.07, 6.45) is 3.69. The largest absolute Gasteiger partial charge is 0.368 e. The number of aromatic nitrogens is 2. The SMILES string of the molecule is O=C(NCc1cn2cc(Cl)ccc2n1)N1CCN(c2ccccc2)CC1. The van der Waals surface area contributed by atoms with Crippen molar-refractivity contribution in [2.75, 3.05) is 31.1 Å². The number of amides is 2. The molecule has 1 fully saturated rings. The molecule has 3 aromatic rings. The monoisotopic (exact) mass is 369 g/mol. The minimum atomic E-state index is -0.0483. The van der Waals surface area contributed by atoms with E-state index in [1.807, 2.05) is 39.8 Å². The fourth-order valence-corrected chi connectivity index (χ4v) is 3.36. The Morgan fingerprint density at radius 3 is 2.58 bits per heavy atom. The molecule has 2 aromatic heterocycles. The summed E-state index contributed by atoms with van der Waals surface area (Å²) < 4.78 is 1.86. The highest BCUT2D eigenvalue weighted by Crippen LogP contribution is 2.16. The Bertz CT molecular complexity index is 903. The maximum Gasteiger partial charge on any atom is 0.317 e. The number of imidazole rings is 1. The molecule has 1 saturated heterocycles. The van der Waals surface area contributed by atoms with Gasteiger partial charge in [-0.05, 0) is 24.3 Å². The van der Waals surface area contributed by atoms with Gasteiger partial charge in [-0.1, -0.05) is 29.8 Å². The lowest BCUT2D eigenvalue weighted by Gasteiger charge is -2.36. The Balaban J connectivity index is 1.31. The third kappa shape index (κ3) is 3.60. The number of anilines is 1. The van der Waals surface area contributed by atoms with E-state index in [1.165, 1.54) is 5.69 Å². The van der Waals surface area contributed by atoms with Gasteiger partial charge in [0.15, 0.2) is 0 Å². The van der Waals surface area contributed by atoms with E-state index >= 15 is 0 Å². The fourth-order valence-electron chi connectivity index (χ4n) is 3.19. The van der Waals surface area contributed by atoms with Crippen molar-refractivity contribution < 1.29 is 4.79 Å². The van der Waals surface area contributed by atoms with Gasteiger partial charge in [-0.25, -0.2) is 9.78 Å². The van der Waals surface area contributed by atoms with Gasteiger partial charge in [-0.15, -0.1) is 0 Å². The number of piperazine rings is 1. The van der Waals surface area contributed by atoms with Crippen LogP contribution in [0.4, 0.5) is 10.5 Å². The van der Waals surface area contributed by atoms with Crippen LogP contribution in [0, 0.1) is 0 Å². The van der Waals surface area contributed by atoms with Crippen molar-refractivity contribution in [2.24, 2.45) is 0 Å². The summed E-state index contributed by atoms with van der Waals surface area (Å²) in [5.74, 6) is 0. The van der Waals surface area contributed by atoms with Gasteiger partial charge in [0.05, 0.1) is 17.3 Å². The highest BCUT2D eigenvalue weighted by molar-refractivity contribution is 6.30. The molecular formula is C19H20ClN5O. The lowest BCUT2D eigenvalue weighted by Crippen LogP contribution is -2.51. The van der Waals surface area contributed by atoms with Gasteiger partial charge in [0.25, 0.3) is 0 Å². The van der Waals surface area contributed by atoms with Gasteiger partial charge in [0.2, 0.25) is 0 Å². The average molecular weight is 370 g/mol. The van der Waals surface area contributed by atoms with Crippen LogP contribution in [-0.4, -0.2) is 46.5 Å². The number of carbonyl (C=O) groups is 1. The molecule has 1 aromatic carbocycles. The van der Waals surface area contributed by atoms with Gasteiger partial charge < -0.3 is 19.5 Å². The second kappa shape index (κ2) is 7.25. The summed E-state index contributed by atoms with van der Waals surface area (Å²) in [6.45, 7) is 3.49. The molecule has 6 nitrogen and oxygen atoms in total. The van der Waals surface area contributed by atoms with E-state index in [4.69, 9.17) is 11.6 Å². The van der Waals surface area contributed by atoms with Crippen LogP contribution in [0.25, 0.3) is 5.65 Å². The first-order valence-electron chi connectivity index (χ1n) is 8.65. The first kappa shape index (κ1) is 16.7. The standard InChI is InChI=1S/C19H20ClN5O/c20-15-6-7-18-22-16(14-25(18)13-15)12-21-19(26)24-10-8-23(9-11-24)17-4-2-1-3-5-17/h1-7,13-14H,8-12H2,(H,21,26). The third-order valence-corrected chi connectivity index (χ3v) is 4.80. The number of carbonyl (C=O) groups excluding carboxylic acids is 1. The van der Waals surface area contributed by atoms with Crippen LogP contribution in [0.15, 0.2) is 54.9 Å². The second-order valence-corrected chi connectivity index (χ2v) is 6.75.